The molecule has 33 heavy (non-hydrogen) atoms. The van der Waals surface area contributed by atoms with Crippen LogP contribution in [0.1, 0.15) is 12.8 Å². The summed E-state index contributed by atoms with van der Waals surface area (Å²) in [5.74, 6) is 1.44. The summed E-state index contributed by atoms with van der Waals surface area (Å²) in [5, 5.41) is 8.64. The molecule has 0 amide bonds. The van der Waals surface area contributed by atoms with Gasteiger partial charge in [-0.25, -0.2) is 15.0 Å². The molecule has 166 valence electrons. The van der Waals surface area contributed by atoms with Gasteiger partial charge < -0.3 is 14.8 Å². The number of nitrogens with one attached hydrogen (secondary N) is 1. The van der Waals surface area contributed by atoms with E-state index in [1.165, 1.54) is 0 Å². The Hall–Kier alpha value is -3.56. The molecule has 5 aromatic rings. The smallest absolute Gasteiger partial charge is 0.145 e. The number of aryl methyl sites for hydroxylation is 1. The lowest BCUT2D eigenvalue weighted by molar-refractivity contribution is 0.00811. The quantitative estimate of drug-likeness (QED) is 0.399. The summed E-state index contributed by atoms with van der Waals surface area (Å²) < 4.78 is 15.1. The Bertz CT molecular complexity index is 1440. The van der Waals surface area contributed by atoms with E-state index in [2.05, 4.69) is 43.6 Å². The summed E-state index contributed by atoms with van der Waals surface area (Å²) >= 11 is 1.61. The molecule has 4 heterocycles. The first-order chi connectivity index (χ1) is 16.2. The zero-order chi connectivity index (χ0) is 22.2. The predicted octanol–water partition coefficient (Wildman–Crippen LogP) is 4.94. The number of nitrogens with zero attached hydrogens (tertiary/aromatic N) is 5. The number of hydrogen-bond donors (Lipinski definition) is 1. The van der Waals surface area contributed by atoms with E-state index >= 15 is 0 Å². The topological polar surface area (TPSA) is 87.0 Å². The minimum absolute atomic E-state index is 0.00676. The third-order valence-electron chi connectivity index (χ3n) is 5.75. The lowest BCUT2D eigenvalue weighted by Crippen LogP contribution is -2.28. The fourth-order valence-electron chi connectivity index (χ4n) is 4.13. The van der Waals surface area contributed by atoms with Crippen LogP contribution >= 0.6 is 11.3 Å². The molecule has 1 atom stereocenters. The number of thiazole rings is 1. The highest BCUT2D eigenvalue weighted by molar-refractivity contribution is 7.16. The summed E-state index contributed by atoms with van der Waals surface area (Å²) in [7, 11) is 1.91. The molecule has 0 aliphatic carbocycles. The first-order valence-corrected chi connectivity index (χ1v) is 11.7. The maximum atomic E-state index is 6.49. The van der Waals surface area contributed by atoms with Crippen LogP contribution in [0.15, 0.2) is 54.6 Å². The van der Waals surface area contributed by atoms with Gasteiger partial charge in [0.1, 0.15) is 24.0 Å². The van der Waals surface area contributed by atoms with E-state index in [-0.39, 0.29) is 6.10 Å². The van der Waals surface area contributed by atoms with Gasteiger partial charge in [0.05, 0.1) is 39.4 Å². The highest BCUT2D eigenvalue weighted by atomic mass is 32.1. The average molecular weight is 459 g/mol. The molecule has 1 fully saturated rings. The SMILES string of the molecule is Cn1cc(-c2cc(O[C@@H]3CCCOC3)c3c(Nc4ccc5ncsc5c4)ncnc3c2)cn1. The Balaban J connectivity index is 1.46. The van der Waals surface area contributed by atoms with Crippen LogP contribution in [0.4, 0.5) is 11.5 Å². The normalized spacial score (nSPS) is 16.3. The van der Waals surface area contributed by atoms with Gasteiger partial charge in [0, 0.05) is 31.1 Å². The molecule has 9 heteroatoms. The van der Waals surface area contributed by atoms with Crippen molar-refractivity contribution >= 4 is 44.0 Å². The maximum absolute atomic E-state index is 6.49. The van der Waals surface area contributed by atoms with Crippen molar-refractivity contribution in [1.82, 2.24) is 24.7 Å². The molecule has 2 aromatic carbocycles. The summed E-state index contributed by atoms with van der Waals surface area (Å²) in [6, 6.07) is 10.2. The van der Waals surface area contributed by atoms with Crippen LogP contribution in [0, 0.1) is 0 Å². The van der Waals surface area contributed by atoms with Crippen molar-refractivity contribution in [3.05, 3.63) is 54.6 Å². The van der Waals surface area contributed by atoms with Crippen LogP contribution in [0.2, 0.25) is 0 Å². The Morgan fingerprint density at radius 1 is 1.12 bits per heavy atom. The van der Waals surface area contributed by atoms with Crippen LogP contribution in [0.5, 0.6) is 5.75 Å². The summed E-state index contributed by atoms with van der Waals surface area (Å²) in [6.45, 7) is 1.36. The Morgan fingerprint density at radius 3 is 2.94 bits per heavy atom. The second-order valence-electron chi connectivity index (χ2n) is 8.11. The van der Waals surface area contributed by atoms with Gasteiger partial charge in [-0.2, -0.15) is 5.10 Å². The monoisotopic (exact) mass is 458 g/mol. The number of fused-ring (bicyclic) bond motifs is 2. The van der Waals surface area contributed by atoms with Gasteiger partial charge in [0.25, 0.3) is 0 Å². The van der Waals surface area contributed by atoms with Crippen molar-refractivity contribution < 1.29 is 9.47 Å². The molecule has 1 aliphatic heterocycles. The Kier molecular flexibility index (Phi) is 5.12. The maximum Gasteiger partial charge on any atom is 0.145 e. The number of rotatable bonds is 5. The van der Waals surface area contributed by atoms with Crippen LogP contribution in [0.3, 0.4) is 0 Å². The number of ether oxygens (including phenoxy) is 2. The third kappa shape index (κ3) is 4.01. The zero-order valence-corrected chi connectivity index (χ0v) is 18.9. The molecule has 0 saturated carbocycles. The highest BCUT2D eigenvalue weighted by Gasteiger charge is 2.20. The van der Waals surface area contributed by atoms with E-state index in [0.717, 1.165) is 63.1 Å². The van der Waals surface area contributed by atoms with Gasteiger partial charge in [-0.15, -0.1) is 11.3 Å². The van der Waals surface area contributed by atoms with Crippen LogP contribution in [-0.2, 0) is 11.8 Å². The van der Waals surface area contributed by atoms with Crippen molar-refractivity contribution in [1.29, 1.82) is 0 Å². The van der Waals surface area contributed by atoms with Gasteiger partial charge in [-0.05, 0) is 48.7 Å². The summed E-state index contributed by atoms with van der Waals surface area (Å²) in [6.07, 6.45) is 7.35. The lowest BCUT2D eigenvalue weighted by Gasteiger charge is -2.24. The Morgan fingerprint density at radius 2 is 2.09 bits per heavy atom. The van der Waals surface area contributed by atoms with E-state index in [1.54, 1.807) is 22.3 Å². The van der Waals surface area contributed by atoms with Crippen molar-refractivity contribution in [3.63, 3.8) is 0 Å². The minimum Gasteiger partial charge on any atom is -0.487 e. The molecule has 8 nitrogen and oxygen atoms in total. The first-order valence-electron chi connectivity index (χ1n) is 10.9. The van der Waals surface area contributed by atoms with Gasteiger partial charge in [0.15, 0.2) is 0 Å². The average Bonchev–Trinajstić information content (AvgIpc) is 3.48. The molecule has 0 spiro atoms. The standard InChI is InChI=1S/C24H22N6O2S/c1-30-11-16(10-28-30)15-7-20-23(21(8-15)32-18-3-2-6-31-12-18)24(26-13-25-20)29-17-4-5-19-22(9-17)33-14-27-19/h4-5,7-11,13-14,18H,2-3,6,12H2,1H3,(H,25,26,29)/t18-/m1/s1. The number of benzene rings is 2. The highest BCUT2D eigenvalue weighted by Crippen LogP contribution is 2.37. The number of hydrogen-bond acceptors (Lipinski definition) is 8. The molecular formula is C24H22N6O2S. The molecule has 0 unspecified atom stereocenters. The lowest BCUT2D eigenvalue weighted by atomic mass is 10.1. The minimum atomic E-state index is -0.00676. The molecule has 0 bridgehead atoms. The third-order valence-corrected chi connectivity index (χ3v) is 6.54. The molecule has 0 radical (unpaired) electrons. The molecule has 1 aliphatic rings. The molecule has 3 aromatic heterocycles. The first kappa shape index (κ1) is 20.1. The zero-order valence-electron chi connectivity index (χ0n) is 18.1. The second-order valence-corrected chi connectivity index (χ2v) is 9.00. The van der Waals surface area contributed by atoms with Crippen LogP contribution in [-0.4, -0.2) is 44.1 Å². The van der Waals surface area contributed by atoms with E-state index in [9.17, 15) is 0 Å². The van der Waals surface area contributed by atoms with Crippen LogP contribution < -0.4 is 10.1 Å². The largest absolute Gasteiger partial charge is 0.487 e. The van der Waals surface area contributed by atoms with Gasteiger partial charge in [-0.3, -0.25) is 4.68 Å². The van der Waals surface area contributed by atoms with E-state index in [1.807, 2.05) is 37.1 Å². The van der Waals surface area contributed by atoms with Crippen molar-refractivity contribution in [2.45, 2.75) is 18.9 Å². The van der Waals surface area contributed by atoms with Gasteiger partial charge in [-0.1, -0.05) is 0 Å². The van der Waals surface area contributed by atoms with Crippen LogP contribution in [0.25, 0.3) is 32.2 Å². The fraction of sp³-hybridized carbons (Fsp3) is 0.250. The van der Waals surface area contributed by atoms with Crippen molar-refractivity contribution in [2.75, 3.05) is 18.5 Å². The van der Waals surface area contributed by atoms with E-state index in [4.69, 9.17) is 9.47 Å². The van der Waals surface area contributed by atoms with Crippen molar-refractivity contribution in [2.24, 2.45) is 7.05 Å². The second kappa shape index (κ2) is 8.42. The predicted molar refractivity (Wildman–Crippen MR) is 129 cm³/mol. The van der Waals surface area contributed by atoms with Crippen molar-refractivity contribution in [3.8, 4) is 16.9 Å². The Labute approximate surface area is 194 Å². The molecule has 6 rings (SSSR count). The number of aromatic nitrogens is 5. The summed E-state index contributed by atoms with van der Waals surface area (Å²) in [4.78, 5) is 13.5. The molecular weight excluding hydrogens is 436 g/mol. The molecule has 1 N–H and O–H groups in total. The molecule has 1 saturated heterocycles. The van der Waals surface area contributed by atoms with E-state index in [0.29, 0.717) is 12.4 Å². The van der Waals surface area contributed by atoms with E-state index < -0.39 is 0 Å². The number of anilines is 2. The van der Waals surface area contributed by atoms with Gasteiger partial charge in [0.2, 0.25) is 0 Å². The van der Waals surface area contributed by atoms with Gasteiger partial charge >= 0.3 is 0 Å². The fourth-order valence-corrected chi connectivity index (χ4v) is 4.85. The summed E-state index contributed by atoms with van der Waals surface area (Å²) in [5.41, 5.74) is 6.59.